The lowest BCUT2D eigenvalue weighted by Crippen LogP contribution is -2.49. The van der Waals surface area contributed by atoms with Crippen LogP contribution in [0.25, 0.3) is 0 Å². The highest BCUT2D eigenvalue weighted by Crippen LogP contribution is 2.30. The van der Waals surface area contributed by atoms with Gasteiger partial charge in [-0.1, -0.05) is 12.1 Å². The van der Waals surface area contributed by atoms with Crippen molar-refractivity contribution in [2.75, 3.05) is 31.5 Å². The average molecular weight is 260 g/mol. The summed E-state index contributed by atoms with van der Waals surface area (Å²) >= 11 is 0. The zero-order valence-electron chi connectivity index (χ0n) is 11.0. The van der Waals surface area contributed by atoms with E-state index in [0.717, 1.165) is 37.6 Å². The van der Waals surface area contributed by atoms with Crippen molar-refractivity contribution in [2.24, 2.45) is 0 Å². The number of rotatable bonds is 2. The lowest BCUT2D eigenvalue weighted by molar-refractivity contribution is -0.0468. The van der Waals surface area contributed by atoms with Gasteiger partial charge in [-0.2, -0.15) is 0 Å². The van der Waals surface area contributed by atoms with E-state index in [2.05, 4.69) is 16.3 Å². The lowest BCUT2D eigenvalue weighted by Gasteiger charge is -2.36. The third-order valence-electron chi connectivity index (χ3n) is 4.28. The Hall–Kier alpha value is -1.26. The van der Waals surface area contributed by atoms with E-state index in [-0.39, 0.29) is 6.10 Å². The standard InChI is InChI=1S/C15H20N2O2/c1-2-4-15-14(3-1)16-7-13(19-15)10-17-8-11-5-6-12(9-17)18-11/h1-4,11-13,16H,5-10H2. The van der Waals surface area contributed by atoms with Gasteiger partial charge in [0.2, 0.25) is 0 Å². The van der Waals surface area contributed by atoms with Gasteiger partial charge in [0.25, 0.3) is 0 Å². The van der Waals surface area contributed by atoms with Gasteiger partial charge in [-0.3, -0.25) is 4.90 Å². The number of morpholine rings is 1. The van der Waals surface area contributed by atoms with Crippen LogP contribution in [0.5, 0.6) is 5.75 Å². The van der Waals surface area contributed by atoms with Crippen LogP contribution in [0.4, 0.5) is 5.69 Å². The smallest absolute Gasteiger partial charge is 0.142 e. The zero-order valence-corrected chi connectivity index (χ0v) is 11.0. The average Bonchev–Trinajstić information content (AvgIpc) is 2.78. The van der Waals surface area contributed by atoms with Crippen molar-refractivity contribution < 1.29 is 9.47 Å². The molecule has 3 aliphatic rings. The monoisotopic (exact) mass is 260 g/mol. The van der Waals surface area contributed by atoms with Crippen molar-refractivity contribution in [1.29, 1.82) is 0 Å². The number of likely N-dealkylation sites (tertiary alicyclic amines) is 1. The molecule has 0 amide bonds. The molecule has 3 heterocycles. The van der Waals surface area contributed by atoms with E-state index < -0.39 is 0 Å². The summed E-state index contributed by atoms with van der Waals surface area (Å²) in [5, 5.41) is 3.46. The van der Waals surface area contributed by atoms with E-state index in [1.807, 2.05) is 18.2 Å². The topological polar surface area (TPSA) is 33.7 Å². The number of nitrogens with one attached hydrogen (secondary N) is 1. The highest BCUT2D eigenvalue weighted by Gasteiger charge is 2.35. The maximum atomic E-state index is 6.08. The summed E-state index contributed by atoms with van der Waals surface area (Å²) < 4.78 is 12.0. The number of ether oxygens (including phenoxy) is 2. The van der Waals surface area contributed by atoms with Crippen LogP contribution < -0.4 is 10.1 Å². The van der Waals surface area contributed by atoms with E-state index >= 15 is 0 Å². The maximum Gasteiger partial charge on any atom is 0.142 e. The Bertz CT molecular complexity index is 453. The molecule has 1 N–H and O–H groups in total. The van der Waals surface area contributed by atoms with Crippen LogP contribution in [0.2, 0.25) is 0 Å². The van der Waals surface area contributed by atoms with Crippen LogP contribution >= 0.6 is 0 Å². The number of hydrogen-bond acceptors (Lipinski definition) is 4. The van der Waals surface area contributed by atoms with Crippen LogP contribution in [0.1, 0.15) is 12.8 Å². The number of benzene rings is 1. The minimum absolute atomic E-state index is 0.243. The Morgan fingerprint density at radius 2 is 1.95 bits per heavy atom. The molecule has 19 heavy (non-hydrogen) atoms. The van der Waals surface area contributed by atoms with E-state index in [1.165, 1.54) is 12.8 Å². The van der Waals surface area contributed by atoms with Crippen LogP contribution in [-0.4, -0.2) is 49.4 Å². The molecule has 102 valence electrons. The van der Waals surface area contributed by atoms with Gasteiger partial charge in [-0.05, 0) is 25.0 Å². The first-order chi connectivity index (χ1) is 9.37. The lowest BCUT2D eigenvalue weighted by atomic mass is 10.2. The van der Waals surface area contributed by atoms with Crippen LogP contribution in [0, 0.1) is 0 Å². The Labute approximate surface area is 113 Å². The molecule has 3 unspecified atom stereocenters. The molecule has 4 rings (SSSR count). The molecular weight excluding hydrogens is 240 g/mol. The predicted octanol–water partition coefficient (Wildman–Crippen LogP) is 1.72. The summed E-state index contributed by atoms with van der Waals surface area (Å²) in [6.45, 7) is 4.03. The van der Waals surface area contributed by atoms with E-state index in [0.29, 0.717) is 12.2 Å². The van der Waals surface area contributed by atoms with Gasteiger partial charge in [0.05, 0.1) is 24.4 Å². The summed E-state index contributed by atoms with van der Waals surface area (Å²) in [6.07, 6.45) is 3.62. The molecule has 0 aliphatic carbocycles. The fraction of sp³-hybridized carbons (Fsp3) is 0.600. The Balaban J connectivity index is 1.39. The molecule has 4 nitrogen and oxygen atoms in total. The first kappa shape index (κ1) is 11.6. The van der Waals surface area contributed by atoms with Crippen LogP contribution in [-0.2, 0) is 4.74 Å². The largest absolute Gasteiger partial charge is 0.485 e. The third kappa shape index (κ3) is 2.30. The molecule has 3 aliphatic heterocycles. The van der Waals surface area contributed by atoms with Gasteiger partial charge < -0.3 is 14.8 Å². The van der Waals surface area contributed by atoms with Gasteiger partial charge in [-0.25, -0.2) is 0 Å². The molecule has 1 aromatic rings. The maximum absolute atomic E-state index is 6.08. The van der Waals surface area contributed by atoms with E-state index in [4.69, 9.17) is 9.47 Å². The highest BCUT2D eigenvalue weighted by molar-refractivity contribution is 5.57. The Morgan fingerprint density at radius 3 is 2.79 bits per heavy atom. The SMILES string of the molecule is c1ccc2c(c1)NCC(CN1CC3CCC(C1)O3)O2. The molecule has 3 atom stereocenters. The summed E-state index contributed by atoms with van der Waals surface area (Å²) in [5.41, 5.74) is 1.11. The van der Waals surface area contributed by atoms with E-state index in [9.17, 15) is 0 Å². The van der Waals surface area contributed by atoms with Gasteiger partial charge >= 0.3 is 0 Å². The first-order valence-electron chi connectivity index (χ1n) is 7.24. The van der Waals surface area contributed by atoms with Crippen molar-refractivity contribution in [1.82, 2.24) is 4.90 Å². The first-order valence-corrected chi connectivity index (χ1v) is 7.24. The summed E-state index contributed by atoms with van der Waals surface area (Å²) in [7, 11) is 0. The number of anilines is 1. The van der Waals surface area contributed by atoms with Crippen molar-refractivity contribution in [3.8, 4) is 5.75 Å². The van der Waals surface area contributed by atoms with Crippen molar-refractivity contribution in [2.45, 2.75) is 31.2 Å². The Morgan fingerprint density at radius 1 is 1.16 bits per heavy atom. The fourth-order valence-electron chi connectivity index (χ4n) is 3.40. The second-order valence-corrected chi connectivity index (χ2v) is 5.79. The van der Waals surface area contributed by atoms with Crippen molar-refractivity contribution in [3.05, 3.63) is 24.3 Å². The highest BCUT2D eigenvalue weighted by atomic mass is 16.5. The minimum Gasteiger partial charge on any atom is -0.485 e. The molecule has 2 fully saturated rings. The molecular formula is C15H20N2O2. The second-order valence-electron chi connectivity index (χ2n) is 5.79. The molecule has 4 heteroatoms. The number of para-hydroxylation sites is 2. The normalized spacial score (nSPS) is 33.4. The summed E-state index contributed by atoms with van der Waals surface area (Å²) in [6, 6.07) is 8.17. The van der Waals surface area contributed by atoms with Gasteiger partial charge in [0.15, 0.2) is 0 Å². The van der Waals surface area contributed by atoms with Gasteiger partial charge in [-0.15, -0.1) is 0 Å². The van der Waals surface area contributed by atoms with Gasteiger partial charge in [0.1, 0.15) is 11.9 Å². The molecule has 2 bridgehead atoms. The van der Waals surface area contributed by atoms with Crippen LogP contribution in [0.3, 0.4) is 0 Å². The summed E-state index contributed by atoms with van der Waals surface area (Å²) in [4.78, 5) is 2.51. The molecule has 1 aromatic carbocycles. The third-order valence-corrected chi connectivity index (χ3v) is 4.28. The predicted molar refractivity (Wildman–Crippen MR) is 73.7 cm³/mol. The quantitative estimate of drug-likeness (QED) is 0.878. The zero-order chi connectivity index (χ0) is 12.7. The number of nitrogens with zero attached hydrogens (tertiary/aromatic N) is 1. The second kappa shape index (κ2) is 4.69. The van der Waals surface area contributed by atoms with Crippen molar-refractivity contribution >= 4 is 5.69 Å². The summed E-state index contributed by atoms with van der Waals surface area (Å²) in [5.74, 6) is 0.981. The Kier molecular flexibility index (Phi) is 2.85. The minimum atomic E-state index is 0.243. The van der Waals surface area contributed by atoms with Crippen LogP contribution in [0.15, 0.2) is 24.3 Å². The van der Waals surface area contributed by atoms with Crippen molar-refractivity contribution in [3.63, 3.8) is 0 Å². The molecule has 0 saturated carbocycles. The number of fused-ring (bicyclic) bond motifs is 3. The van der Waals surface area contributed by atoms with E-state index in [1.54, 1.807) is 0 Å². The van der Waals surface area contributed by atoms with Gasteiger partial charge in [0, 0.05) is 19.6 Å². The molecule has 0 radical (unpaired) electrons. The number of hydrogen-bond donors (Lipinski definition) is 1. The fourth-order valence-corrected chi connectivity index (χ4v) is 3.40. The molecule has 0 aromatic heterocycles. The molecule has 0 spiro atoms. The molecule has 2 saturated heterocycles.